The van der Waals surface area contributed by atoms with Crippen LogP contribution in [-0.2, 0) is 22.6 Å². The molecule has 7 heteroatoms. The van der Waals surface area contributed by atoms with Crippen LogP contribution < -0.4 is 19.5 Å². The third-order valence-corrected chi connectivity index (χ3v) is 5.19. The number of methoxy groups -OCH3 is 3. The number of benzene rings is 2. The Balaban J connectivity index is 2.21. The SMILES string of the molecule is CCC(C(=O)NC)N(Cc1cccc(OC)c1)C(=O)CCc1ccc(OC)c(OC)c1. The highest BCUT2D eigenvalue weighted by atomic mass is 16.5. The fourth-order valence-corrected chi connectivity index (χ4v) is 3.48. The molecule has 1 N–H and O–H groups in total. The van der Waals surface area contributed by atoms with Gasteiger partial charge in [0.15, 0.2) is 11.5 Å². The Kier molecular flexibility index (Phi) is 9.18. The van der Waals surface area contributed by atoms with Gasteiger partial charge in [0, 0.05) is 20.0 Å². The van der Waals surface area contributed by atoms with Crippen LogP contribution in [0.1, 0.15) is 30.9 Å². The Labute approximate surface area is 184 Å². The number of nitrogens with zero attached hydrogens (tertiary/aromatic N) is 1. The number of aryl methyl sites for hydroxylation is 1. The van der Waals surface area contributed by atoms with E-state index in [1.807, 2.05) is 49.4 Å². The van der Waals surface area contributed by atoms with Gasteiger partial charge in [-0.15, -0.1) is 0 Å². The summed E-state index contributed by atoms with van der Waals surface area (Å²) < 4.78 is 15.9. The van der Waals surface area contributed by atoms with Crippen LogP contribution in [0.5, 0.6) is 17.2 Å². The normalized spacial score (nSPS) is 11.4. The summed E-state index contributed by atoms with van der Waals surface area (Å²) in [6.45, 7) is 2.23. The lowest BCUT2D eigenvalue weighted by Crippen LogP contribution is -2.48. The number of ether oxygens (including phenoxy) is 3. The average molecular weight is 429 g/mol. The van der Waals surface area contributed by atoms with Gasteiger partial charge in [0.2, 0.25) is 11.8 Å². The zero-order valence-electron chi connectivity index (χ0n) is 18.9. The molecule has 31 heavy (non-hydrogen) atoms. The third kappa shape index (κ3) is 6.38. The van der Waals surface area contributed by atoms with Crippen molar-refractivity contribution in [2.45, 2.75) is 38.8 Å². The zero-order valence-corrected chi connectivity index (χ0v) is 18.9. The molecule has 0 aliphatic rings. The Bertz CT molecular complexity index is 884. The molecule has 2 rings (SSSR count). The van der Waals surface area contributed by atoms with Gasteiger partial charge in [0.1, 0.15) is 11.8 Å². The number of nitrogens with one attached hydrogen (secondary N) is 1. The number of rotatable bonds is 11. The Hall–Kier alpha value is -3.22. The van der Waals surface area contributed by atoms with Crippen molar-refractivity contribution < 1.29 is 23.8 Å². The van der Waals surface area contributed by atoms with Crippen LogP contribution in [0.3, 0.4) is 0 Å². The largest absolute Gasteiger partial charge is 0.497 e. The molecule has 0 aliphatic heterocycles. The predicted molar refractivity (Wildman–Crippen MR) is 120 cm³/mol. The van der Waals surface area contributed by atoms with Gasteiger partial charge >= 0.3 is 0 Å². The molecule has 1 unspecified atom stereocenters. The van der Waals surface area contributed by atoms with Crippen molar-refractivity contribution in [3.63, 3.8) is 0 Å². The van der Waals surface area contributed by atoms with Gasteiger partial charge in [0.25, 0.3) is 0 Å². The minimum absolute atomic E-state index is 0.0898. The van der Waals surface area contributed by atoms with Crippen LogP contribution in [0.25, 0.3) is 0 Å². The van der Waals surface area contributed by atoms with E-state index in [0.29, 0.717) is 36.6 Å². The van der Waals surface area contributed by atoms with Crippen LogP contribution >= 0.6 is 0 Å². The fraction of sp³-hybridized carbons (Fsp3) is 0.417. The fourth-order valence-electron chi connectivity index (χ4n) is 3.48. The maximum absolute atomic E-state index is 13.2. The number of hydrogen-bond donors (Lipinski definition) is 1. The topological polar surface area (TPSA) is 77.1 Å². The molecule has 7 nitrogen and oxygen atoms in total. The molecule has 0 aromatic heterocycles. The van der Waals surface area contributed by atoms with Crippen LogP contribution in [-0.4, -0.2) is 51.1 Å². The number of amides is 2. The highest BCUT2D eigenvalue weighted by Gasteiger charge is 2.27. The summed E-state index contributed by atoms with van der Waals surface area (Å²) in [5, 5.41) is 2.67. The van der Waals surface area contributed by atoms with Gasteiger partial charge in [-0.1, -0.05) is 25.1 Å². The summed E-state index contributed by atoms with van der Waals surface area (Å²) in [5.74, 6) is 1.71. The summed E-state index contributed by atoms with van der Waals surface area (Å²) in [5.41, 5.74) is 1.86. The molecule has 0 saturated heterocycles. The Morgan fingerprint density at radius 1 is 0.968 bits per heavy atom. The predicted octanol–water partition coefficient (Wildman–Crippen LogP) is 3.20. The minimum atomic E-state index is -0.547. The molecular weight excluding hydrogens is 396 g/mol. The van der Waals surface area contributed by atoms with Gasteiger partial charge in [-0.3, -0.25) is 9.59 Å². The van der Waals surface area contributed by atoms with Gasteiger partial charge < -0.3 is 24.4 Å². The van der Waals surface area contributed by atoms with Crippen molar-refractivity contribution in [1.29, 1.82) is 0 Å². The van der Waals surface area contributed by atoms with E-state index in [9.17, 15) is 9.59 Å². The van der Waals surface area contributed by atoms with E-state index in [1.165, 1.54) is 0 Å². The molecule has 168 valence electrons. The Morgan fingerprint density at radius 3 is 2.32 bits per heavy atom. The summed E-state index contributed by atoms with van der Waals surface area (Å²) in [6.07, 6.45) is 1.32. The van der Waals surface area contributed by atoms with Crippen molar-refractivity contribution in [3.05, 3.63) is 53.6 Å². The molecule has 0 saturated carbocycles. The van der Waals surface area contributed by atoms with Crippen molar-refractivity contribution in [2.75, 3.05) is 28.4 Å². The van der Waals surface area contributed by atoms with Crippen molar-refractivity contribution >= 4 is 11.8 Å². The van der Waals surface area contributed by atoms with E-state index >= 15 is 0 Å². The number of carbonyl (C=O) groups excluding carboxylic acids is 2. The van der Waals surface area contributed by atoms with Gasteiger partial charge in [0.05, 0.1) is 21.3 Å². The lowest BCUT2D eigenvalue weighted by Gasteiger charge is -2.30. The van der Waals surface area contributed by atoms with Gasteiger partial charge in [-0.05, 0) is 48.2 Å². The summed E-state index contributed by atoms with van der Waals surface area (Å²) in [7, 11) is 6.35. The first-order chi connectivity index (χ1) is 15.0. The monoisotopic (exact) mass is 428 g/mol. The first kappa shape index (κ1) is 24.1. The quantitative estimate of drug-likeness (QED) is 0.595. The Morgan fingerprint density at radius 2 is 1.71 bits per heavy atom. The maximum atomic E-state index is 13.2. The van der Waals surface area contributed by atoms with E-state index in [0.717, 1.165) is 11.1 Å². The van der Waals surface area contributed by atoms with Crippen LogP contribution in [0.15, 0.2) is 42.5 Å². The lowest BCUT2D eigenvalue weighted by atomic mass is 10.1. The molecule has 2 aromatic carbocycles. The second-order valence-corrected chi connectivity index (χ2v) is 7.10. The van der Waals surface area contributed by atoms with E-state index in [1.54, 1.807) is 33.3 Å². The number of hydrogen-bond acceptors (Lipinski definition) is 5. The molecule has 2 amide bonds. The summed E-state index contributed by atoms with van der Waals surface area (Å²) in [6, 6.07) is 12.6. The van der Waals surface area contributed by atoms with Crippen LogP contribution in [0.2, 0.25) is 0 Å². The molecule has 0 spiro atoms. The minimum Gasteiger partial charge on any atom is -0.497 e. The summed E-state index contributed by atoms with van der Waals surface area (Å²) >= 11 is 0. The van der Waals surface area contributed by atoms with E-state index in [2.05, 4.69) is 5.32 Å². The molecule has 1 atom stereocenters. The molecule has 0 aliphatic carbocycles. The third-order valence-electron chi connectivity index (χ3n) is 5.19. The van der Waals surface area contributed by atoms with E-state index in [-0.39, 0.29) is 18.2 Å². The molecule has 0 heterocycles. The average Bonchev–Trinajstić information content (AvgIpc) is 2.81. The second kappa shape index (κ2) is 11.8. The first-order valence-corrected chi connectivity index (χ1v) is 10.3. The summed E-state index contributed by atoms with van der Waals surface area (Å²) in [4.78, 5) is 27.4. The van der Waals surface area contributed by atoms with Gasteiger partial charge in [-0.25, -0.2) is 0 Å². The first-order valence-electron chi connectivity index (χ1n) is 10.3. The molecular formula is C24H32N2O5. The van der Waals surface area contributed by atoms with Crippen LogP contribution in [0.4, 0.5) is 0 Å². The molecule has 0 fully saturated rings. The molecule has 0 radical (unpaired) electrons. The second-order valence-electron chi connectivity index (χ2n) is 7.10. The molecule has 2 aromatic rings. The number of likely N-dealkylation sites (N-methyl/N-ethyl adjacent to an activating group) is 1. The molecule has 0 bridgehead atoms. The van der Waals surface area contributed by atoms with Crippen molar-refractivity contribution in [1.82, 2.24) is 10.2 Å². The van der Waals surface area contributed by atoms with Crippen molar-refractivity contribution in [3.8, 4) is 17.2 Å². The van der Waals surface area contributed by atoms with Gasteiger partial charge in [-0.2, -0.15) is 0 Å². The zero-order chi connectivity index (χ0) is 22.8. The standard InChI is InChI=1S/C24H32N2O5/c1-6-20(24(28)25-2)26(16-18-8-7-9-19(14-18)29-3)23(27)13-11-17-10-12-21(30-4)22(15-17)31-5/h7-10,12,14-15,20H,6,11,13,16H2,1-5H3,(H,25,28). The van der Waals surface area contributed by atoms with E-state index in [4.69, 9.17) is 14.2 Å². The maximum Gasteiger partial charge on any atom is 0.242 e. The van der Waals surface area contributed by atoms with Crippen LogP contribution in [0, 0.1) is 0 Å². The highest BCUT2D eigenvalue weighted by Crippen LogP contribution is 2.28. The number of carbonyl (C=O) groups is 2. The van der Waals surface area contributed by atoms with Crippen molar-refractivity contribution in [2.24, 2.45) is 0 Å². The lowest BCUT2D eigenvalue weighted by molar-refractivity contribution is -0.141. The smallest absolute Gasteiger partial charge is 0.242 e. The van der Waals surface area contributed by atoms with E-state index < -0.39 is 6.04 Å². The highest BCUT2D eigenvalue weighted by molar-refractivity contribution is 5.87.